The minimum atomic E-state index is -0.115. The van der Waals surface area contributed by atoms with Gasteiger partial charge in [-0.3, -0.25) is 4.79 Å². The van der Waals surface area contributed by atoms with Crippen LogP contribution in [0.3, 0.4) is 0 Å². The highest BCUT2D eigenvalue weighted by Crippen LogP contribution is 2.22. The molecule has 3 heteroatoms. The first-order valence-corrected chi connectivity index (χ1v) is 5.94. The molecule has 0 spiro atoms. The molecule has 2 rings (SSSR count). The van der Waals surface area contributed by atoms with Gasteiger partial charge in [0, 0.05) is 11.3 Å². The third-order valence-corrected chi connectivity index (χ3v) is 3.18. The fourth-order valence-corrected chi connectivity index (χ4v) is 2.03. The van der Waals surface area contributed by atoms with E-state index in [9.17, 15) is 4.79 Å². The van der Waals surface area contributed by atoms with E-state index in [2.05, 4.69) is 5.32 Å². The van der Waals surface area contributed by atoms with Crippen LogP contribution in [0.15, 0.2) is 28.7 Å². The van der Waals surface area contributed by atoms with Crippen molar-refractivity contribution in [2.24, 2.45) is 0 Å². The van der Waals surface area contributed by atoms with Crippen LogP contribution in [0.5, 0.6) is 0 Å². The standard InChI is InChI=1S/C15H17NO2/c1-9-7-5-6-8-13(9)16-15(17)14-10(2)11(3)18-12(14)4/h5-8H,1-4H3,(H,16,17). The molecule has 0 fully saturated rings. The van der Waals surface area contributed by atoms with Gasteiger partial charge in [0.25, 0.3) is 5.91 Å². The zero-order valence-corrected chi connectivity index (χ0v) is 11.1. The molecule has 0 saturated heterocycles. The summed E-state index contributed by atoms with van der Waals surface area (Å²) in [7, 11) is 0. The highest BCUT2D eigenvalue weighted by atomic mass is 16.3. The molecule has 0 bridgehead atoms. The molecule has 1 aromatic heterocycles. The summed E-state index contributed by atoms with van der Waals surface area (Å²) in [5.41, 5.74) is 3.41. The third kappa shape index (κ3) is 2.16. The molecule has 0 aliphatic carbocycles. The van der Waals surface area contributed by atoms with Crippen LogP contribution in [0, 0.1) is 27.7 Å². The van der Waals surface area contributed by atoms with Gasteiger partial charge in [-0.2, -0.15) is 0 Å². The van der Waals surface area contributed by atoms with Crippen LogP contribution < -0.4 is 5.32 Å². The van der Waals surface area contributed by atoms with Gasteiger partial charge in [-0.05, 0) is 39.3 Å². The lowest BCUT2D eigenvalue weighted by atomic mass is 10.1. The fourth-order valence-electron chi connectivity index (χ4n) is 2.03. The number of furan rings is 1. The number of carbonyl (C=O) groups excluding carboxylic acids is 1. The number of nitrogens with one attached hydrogen (secondary N) is 1. The number of rotatable bonds is 2. The Morgan fingerprint density at radius 3 is 2.28 bits per heavy atom. The Hall–Kier alpha value is -2.03. The molecule has 1 amide bonds. The Morgan fingerprint density at radius 1 is 1.06 bits per heavy atom. The summed E-state index contributed by atoms with van der Waals surface area (Å²) in [5, 5.41) is 2.92. The second-order valence-electron chi connectivity index (χ2n) is 4.48. The predicted octanol–water partition coefficient (Wildman–Crippen LogP) is 3.77. The highest BCUT2D eigenvalue weighted by molar-refractivity contribution is 6.06. The predicted molar refractivity (Wildman–Crippen MR) is 72.1 cm³/mol. The molecule has 0 atom stereocenters. The topological polar surface area (TPSA) is 42.2 Å². The molecule has 1 heterocycles. The van der Waals surface area contributed by atoms with E-state index in [1.165, 1.54) is 0 Å². The maximum atomic E-state index is 12.3. The monoisotopic (exact) mass is 243 g/mol. The normalized spacial score (nSPS) is 10.4. The Labute approximate surface area is 107 Å². The maximum Gasteiger partial charge on any atom is 0.259 e. The van der Waals surface area contributed by atoms with E-state index in [-0.39, 0.29) is 5.91 Å². The van der Waals surface area contributed by atoms with Crippen LogP contribution in [-0.4, -0.2) is 5.91 Å². The third-order valence-electron chi connectivity index (χ3n) is 3.18. The summed E-state index contributed by atoms with van der Waals surface area (Å²) >= 11 is 0. The van der Waals surface area contributed by atoms with Gasteiger partial charge in [0.2, 0.25) is 0 Å². The van der Waals surface area contributed by atoms with Crippen LogP contribution in [0.4, 0.5) is 5.69 Å². The summed E-state index contributed by atoms with van der Waals surface area (Å²) in [6.07, 6.45) is 0. The van der Waals surface area contributed by atoms with E-state index < -0.39 is 0 Å². The largest absolute Gasteiger partial charge is 0.466 e. The fraction of sp³-hybridized carbons (Fsp3) is 0.267. The number of aryl methyl sites for hydroxylation is 3. The Kier molecular flexibility index (Phi) is 3.24. The Morgan fingerprint density at radius 2 is 1.72 bits per heavy atom. The van der Waals surface area contributed by atoms with Crippen molar-refractivity contribution in [3.63, 3.8) is 0 Å². The maximum absolute atomic E-state index is 12.3. The molecule has 3 nitrogen and oxygen atoms in total. The van der Waals surface area contributed by atoms with Crippen LogP contribution in [-0.2, 0) is 0 Å². The molecule has 1 aromatic carbocycles. The lowest BCUT2D eigenvalue weighted by Gasteiger charge is -2.08. The van der Waals surface area contributed by atoms with Crippen molar-refractivity contribution in [1.29, 1.82) is 0 Å². The van der Waals surface area contributed by atoms with Crippen molar-refractivity contribution >= 4 is 11.6 Å². The lowest BCUT2D eigenvalue weighted by Crippen LogP contribution is -2.14. The summed E-state index contributed by atoms with van der Waals surface area (Å²) < 4.78 is 5.47. The summed E-state index contributed by atoms with van der Waals surface area (Å²) in [4.78, 5) is 12.3. The quantitative estimate of drug-likeness (QED) is 0.872. The molecule has 18 heavy (non-hydrogen) atoms. The van der Waals surface area contributed by atoms with E-state index in [1.807, 2.05) is 52.0 Å². The highest BCUT2D eigenvalue weighted by Gasteiger charge is 2.18. The minimum absolute atomic E-state index is 0.115. The van der Waals surface area contributed by atoms with Crippen LogP contribution in [0.1, 0.15) is 33.0 Å². The molecule has 0 unspecified atom stereocenters. The Bertz CT molecular complexity index is 597. The molecule has 94 valence electrons. The molecular weight excluding hydrogens is 226 g/mol. The zero-order valence-electron chi connectivity index (χ0n) is 11.1. The summed E-state index contributed by atoms with van der Waals surface area (Å²) in [6, 6.07) is 7.72. The number of hydrogen-bond donors (Lipinski definition) is 1. The van der Waals surface area contributed by atoms with E-state index in [4.69, 9.17) is 4.42 Å². The second kappa shape index (κ2) is 4.69. The van der Waals surface area contributed by atoms with Gasteiger partial charge in [0.05, 0.1) is 5.56 Å². The van der Waals surface area contributed by atoms with Crippen LogP contribution >= 0.6 is 0 Å². The molecule has 2 aromatic rings. The smallest absolute Gasteiger partial charge is 0.259 e. The van der Waals surface area contributed by atoms with Crippen molar-refractivity contribution in [3.8, 4) is 0 Å². The second-order valence-corrected chi connectivity index (χ2v) is 4.48. The molecule has 1 N–H and O–H groups in total. The van der Waals surface area contributed by atoms with Gasteiger partial charge in [0.15, 0.2) is 0 Å². The minimum Gasteiger partial charge on any atom is -0.466 e. The van der Waals surface area contributed by atoms with Crippen molar-refractivity contribution in [1.82, 2.24) is 0 Å². The average Bonchev–Trinajstić information content (AvgIpc) is 2.56. The summed E-state index contributed by atoms with van der Waals surface area (Å²) in [5.74, 6) is 1.34. The Balaban J connectivity index is 2.31. The molecule has 0 aliphatic rings. The number of para-hydroxylation sites is 1. The van der Waals surface area contributed by atoms with Crippen molar-refractivity contribution in [2.75, 3.05) is 5.32 Å². The SMILES string of the molecule is Cc1ccccc1NC(=O)c1c(C)oc(C)c1C. The number of benzene rings is 1. The van der Waals surface area contributed by atoms with Gasteiger partial charge >= 0.3 is 0 Å². The first-order chi connectivity index (χ1) is 8.50. The summed E-state index contributed by atoms with van der Waals surface area (Å²) in [6.45, 7) is 7.55. The number of carbonyl (C=O) groups is 1. The molecule has 0 saturated carbocycles. The van der Waals surface area contributed by atoms with E-state index in [0.29, 0.717) is 11.3 Å². The first-order valence-electron chi connectivity index (χ1n) is 5.94. The molecular formula is C15H17NO2. The van der Waals surface area contributed by atoms with Gasteiger partial charge < -0.3 is 9.73 Å². The van der Waals surface area contributed by atoms with Gasteiger partial charge in [-0.1, -0.05) is 18.2 Å². The lowest BCUT2D eigenvalue weighted by molar-refractivity contribution is 0.102. The average molecular weight is 243 g/mol. The van der Waals surface area contributed by atoms with Crippen molar-refractivity contribution in [3.05, 3.63) is 52.5 Å². The first kappa shape index (κ1) is 12.4. The van der Waals surface area contributed by atoms with Crippen LogP contribution in [0.25, 0.3) is 0 Å². The van der Waals surface area contributed by atoms with E-state index >= 15 is 0 Å². The van der Waals surface area contributed by atoms with Crippen LogP contribution in [0.2, 0.25) is 0 Å². The number of amides is 1. The van der Waals surface area contributed by atoms with Gasteiger partial charge in [-0.25, -0.2) is 0 Å². The van der Waals surface area contributed by atoms with E-state index in [0.717, 1.165) is 22.6 Å². The number of hydrogen-bond acceptors (Lipinski definition) is 2. The zero-order chi connectivity index (χ0) is 13.3. The van der Waals surface area contributed by atoms with E-state index in [1.54, 1.807) is 0 Å². The van der Waals surface area contributed by atoms with Gasteiger partial charge in [-0.15, -0.1) is 0 Å². The van der Waals surface area contributed by atoms with Crippen molar-refractivity contribution in [2.45, 2.75) is 27.7 Å². The molecule has 0 radical (unpaired) electrons. The number of anilines is 1. The van der Waals surface area contributed by atoms with Gasteiger partial charge in [0.1, 0.15) is 11.5 Å². The van der Waals surface area contributed by atoms with Crippen molar-refractivity contribution < 1.29 is 9.21 Å². The molecule has 0 aliphatic heterocycles.